The highest BCUT2D eigenvalue weighted by Crippen LogP contribution is 2.29. The van der Waals surface area contributed by atoms with Crippen LogP contribution in [0.25, 0.3) is 0 Å². The van der Waals surface area contributed by atoms with Crippen LogP contribution >= 0.6 is 23.2 Å². The van der Waals surface area contributed by atoms with Crippen LogP contribution in [-0.2, 0) is 10.0 Å². The third kappa shape index (κ3) is 4.69. The zero-order valence-electron chi connectivity index (χ0n) is 18.3. The number of halogens is 2. The number of amides is 1. The van der Waals surface area contributed by atoms with Crippen LogP contribution in [0.15, 0.2) is 57.0 Å². The molecule has 0 bridgehead atoms. The molecule has 2 heterocycles. The minimum atomic E-state index is -3.71. The highest BCUT2D eigenvalue weighted by atomic mass is 35.5. The third-order valence-corrected chi connectivity index (χ3v) is 8.26. The van der Waals surface area contributed by atoms with Gasteiger partial charge in [-0.3, -0.25) is 14.4 Å². The van der Waals surface area contributed by atoms with Crippen molar-refractivity contribution < 1.29 is 13.2 Å². The number of hydrogen-bond acceptors (Lipinski definition) is 5. The van der Waals surface area contributed by atoms with Crippen molar-refractivity contribution in [1.82, 2.24) is 9.62 Å². The molecule has 2 aromatic carbocycles. The lowest BCUT2D eigenvalue weighted by atomic mass is 10.1. The number of nitrogens with zero attached hydrogens (tertiary/aromatic N) is 3. The number of nitrogens with one attached hydrogen (secondary N) is 1. The van der Waals surface area contributed by atoms with E-state index in [2.05, 4.69) is 15.3 Å². The summed E-state index contributed by atoms with van der Waals surface area (Å²) in [4.78, 5) is 21.6. The maximum atomic E-state index is 13.4. The average molecular weight is 505 g/mol. The highest BCUT2D eigenvalue weighted by molar-refractivity contribution is 7.89. The summed E-state index contributed by atoms with van der Waals surface area (Å²) in [6.45, 7) is 6.04. The Morgan fingerprint density at radius 1 is 1.06 bits per heavy atom. The number of fused-ring (bicyclic) bond motifs is 1. The lowest BCUT2D eigenvalue weighted by Crippen LogP contribution is -2.38. The van der Waals surface area contributed by atoms with Crippen LogP contribution < -0.4 is 5.32 Å². The number of guanidine groups is 1. The highest BCUT2D eigenvalue weighted by Gasteiger charge is 2.31. The van der Waals surface area contributed by atoms with Crippen LogP contribution in [0.2, 0.25) is 10.0 Å². The van der Waals surface area contributed by atoms with Gasteiger partial charge in [0.1, 0.15) is 0 Å². The Morgan fingerprint density at radius 3 is 2.42 bits per heavy atom. The third-order valence-electron chi connectivity index (χ3n) is 5.46. The number of carbonyl (C=O) groups is 1. The monoisotopic (exact) mass is 504 g/mol. The molecular weight excluding hydrogens is 483 g/mol. The second kappa shape index (κ2) is 8.93. The Labute approximate surface area is 202 Å². The molecule has 0 saturated heterocycles. The molecular formula is C23H22Cl2N4O3S. The molecule has 0 radical (unpaired) electrons. The van der Waals surface area contributed by atoms with E-state index < -0.39 is 15.9 Å². The van der Waals surface area contributed by atoms with Gasteiger partial charge in [-0.2, -0.15) is 0 Å². The predicted molar refractivity (Wildman–Crippen MR) is 131 cm³/mol. The predicted octanol–water partition coefficient (Wildman–Crippen LogP) is 4.44. The Balaban J connectivity index is 1.54. The van der Waals surface area contributed by atoms with Gasteiger partial charge in [0.25, 0.3) is 15.9 Å². The quantitative estimate of drug-likeness (QED) is 0.669. The summed E-state index contributed by atoms with van der Waals surface area (Å²) >= 11 is 11.9. The van der Waals surface area contributed by atoms with E-state index in [1.807, 2.05) is 32.9 Å². The molecule has 0 aliphatic carbocycles. The summed E-state index contributed by atoms with van der Waals surface area (Å²) in [7, 11) is -3.71. The van der Waals surface area contributed by atoms with Gasteiger partial charge in [-0.1, -0.05) is 40.9 Å². The standard InChI is InChI=1S/C23H22Cl2N4O3S/c1-13-8-14(2)21(15(3)9-13)33(31,32)29-7-6-20-17(12-29)11-26-23(27-20)28-22(30)16-4-5-18(24)19(25)10-16/h4-5,8-10,12H,6-7,11H2,1-3H3,(H,26,28,30). The van der Waals surface area contributed by atoms with Crippen LogP contribution in [0.5, 0.6) is 0 Å². The first-order valence-corrected chi connectivity index (χ1v) is 12.4. The van der Waals surface area contributed by atoms with E-state index in [1.54, 1.807) is 18.3 Å². The summed E-state index contributed by atoms with van der Waals surface area (Å²) in [6.07, 6.45) is 2.01. The molecule has 7 nitrogen and oxygen atoms in total. The molecule has 10 heteroatoms. The number of aliphatic imine (C=N–C) groups is 2. The first-order chi connectivity index (χ1) is 15.6. The van der Waals surface area contributed by atoms with E-state index >= 15 is 0 Å². The zero-order chi connectivity index (χ0) is 23.9. The maximum absolute atomic E-state index is 13.4. The van der Waals surface area contributed by atoms with Gasteiger partial charge in [0, 0.05) is 30.3 Å². The van der Waals surface area contributed by atoms with Crippen molar-refractivity contribution >= 4 is 50.8 Å². The van der Waals surface area contributed by atoms with Gasteiger partial charge in [-0.25, -0.2) is 18.4 Å². The molecule has 4 rings (SSSR count). The van der Waals surface area contributed by atoms with Crippen molar-refractivity contribution in [3.8, 4) is 0 Å². The number of sulfonamides is 1. The number of aryl methyl sites for hydroxylation is 3. The molecule has 0 atom stereocenters. The van der Waals surface area contributed by atoms with Gasteiger partial charge >= 0.3 is 0 Å². The molecule has 33 heavy (non-hydrogen) atoms. The summed E-state index contributed by atoms with van der Waals surface area (Å²) in [6, 6.07) is 8.32. The first-order valence-electron chi connectivity index (χ1n) is 10.3. The fourth-order valence-electron chi connectivity index (χ4n) is 4.03. The molecule has 2 aliphatic rings. The van der Waals surface area contributed by atoms with E-state index in [-0.39, 0.29) is 24.1 Å². The molecule has 0 aromatic heterocycles. The normalized spacial score (nSPS) is 15.9. The zero-order valence-corrected chi connectivity index (χ0v) is 20.6. The molecule has 0 unspecified atom stereocenters. The van der Waals surface area contributed by atoms with Crippen molar-refractivity contribution in [3.63, 3.8) is 0 Å². The van der Waals surface area contributed by atoms with Crippen molar-refractivity contribution in [1.29, 1.82) is 0 Å². The first kappa shape index (κ1) is 23.5. The summed E-state index contributed by atoms with van der Waals surface area (Å²) in [5.41, 5.74) is 4.21. The van der Waals surface area contributed by atoms with Gasteiger partial charge < -0.3 is 0 Å². The SMILES string of the molecule is Cc1cc(C)c(S(=O)(=O)N2C=C3CN=C(NC(=O)c4ccc(Cl)c(Cl)c4)N=C3CC2)c(C)c1. The van der Waals surface area contributed by atoms with Crippen molar-refractivity contribution in [2.45, 2.75) is 32.1 Å². The molecule has 2 aromatic rings. The Kier molecular flexibility index (Phi) is 6.35. The number of carbonyl (C=O) groups excluding carboxylic acids is 1. The van der Waals surface area contributed by atoms with Crippen molar-refractivity contribution in [3.05, 3.63) is 74.4 Å². The second-order valence-electron chi connectivity index (χ2n) is 8.03. The Hall–Kier alpha value is -2.68. The van der Waals surface area contributed by atoms with E-state index in [0.717, 1.165) is 16.7 Å². The van der Waals surface area contributed by atoms with E-state index in [9.17, 15) is 13.2 Å². The smallest absolute Gasteiger partial charge is 0.264 e. The molecule has 172 valence electrons. The minimum absolute atomic E-state index is 0.180. The van der Waals surface area contributed by atoms with E-state index in [1.165, 1.54) is 10.4 Å². The van der Waals surface area contributed by atoms with E-state index in [4.69, 9.17) is 23.2 Å². The average Bonchev–Trinajstić information content (AvgIpc) is 2.74. The van der Waals surface area contributed by atoms with Crippen LogP contribution in [-0.4, -0.2) is 43.4 Å². The molecule has 0 spiro atoms. The number of hydrogen-bond donors (Lipinski definition) is 1. The molecule has 0 saturated carbocycles. The van der Waals surface area contributed by atoms with E-state index in [0.29, 0.717) is 33.2 Å². The van der Waals surface area contributed by atoms with Gasteiger partial charge in [0.05, 0.1) is 27.2 Å². The summed E-state index contributed by atoms with van der Waals surface area (Å²) in [5, 5.41) is 3.30. The maximum Gasteiger partial charge on any atom is 0.264 e. The Bertz CT molecular complexity index is 1340. The lowest BCUT2D eigenvalue weighted by molar-refractivity contribution is 0.0976. The van der Waals surface area contributed by atoms with Crippen LogP contribution in [0, 0.1) is 20.8 Å². The molecule has 1 N–H and O–H groups in total. The molecule has 0 fully saturated rings. The largest absolute Gasteiger partial charge is 0.291 e. The van der Waals surface area contributed by atoms with Gasteiger partial charge in [-0.05, 0) is 50.1 Å². The number of benzene rings is 2. The minimum Gasteiger partial charge on any atom is -0.291 e. The van der Waals surface area contributed by atoms with Crippen molar-refractivity contribution in [2.24, 2.45) is 9.98 Å². The van der Waals surface area contributed by atoms with Gasteiger partial charge in [0.2, 0.25) is 5.96 Å². The summed E-state index contributed by atoms with van der Waals surface area (Å²) in [5.74, 6) is -0.228. The molecule has 1 amide bonds. The summed E-state index contributed by atoms with van der Waals surface area (Å²) < 4.78 is 28.1. The van der Waals surface area contributed by atoms with Crippen LogP contribution in [0.3, 0.4) is 0 Å². The van der Waals surface area contributed by atoms with Crippen LogP contribution in [0.1, 0.15) is 33.5 Å². The second-order valence-corrected chi connectivity index (χ2v) is 10.7. The lowest BCUT2D eigenvalue weighted by Gasteiger charge is -2.29. The van der Waals surface area contributed by atoms with Gasteiger partial charge in [0.15, 0.2) is 0 Å². The van der Waals surface area contributed by atoms with Crippen molar-refractivity contribution in [2.75, 3.05) is 13.1 Å². The van der Waals surface area contributed by atoms with Crippen LogP contribution in [0.4, 0.5) is 0 Å². The fraction of sp³-hybridized carbons (Fsp3) is 0.261. The fourth-order valence-corrected chi connectivity index (χ4v) is 6.09. The van der Waals surface area contributed by atoms with Gasteiger partial charge in [-0.15, -0.1) is 0 Å². The molecule has 2 aliphatic heterocycles. The topological polar surface area (TPSA) is 91.2 Å². The Morgan fingerprint density at radius 2 is 1.76 bits per heavy atom. The number of rotatable bonds is 3.